The highest BCUT2D eigenvalue weighted by Gasteiger charge is 2.18. The summed E-state index contributed by atoms with van der Waals surface area (Å²) in [7, 11) is 0. The molecule has 5 N–H and O–H groups in total. The maximum absolute atomic E-state index is 14.0. The van der Waals surface area contributed by atoms with Gasteiger partial charge in [0.1, 0.15) is 0 Å². The number of nitrogen functional groups attached to an aromatic ring is 2. The van der Waals surface area contributed by atoms with Crippen molar-refractivity contribution in [1.82, 2.24) is 0 Å². The van der Waals surface area contributed by atoms with Crippen LogP contribution in [0.25, 0.3) is 11.1 Å². The van der Waals surface area contributed by atoms with Gasteiger partial charge in [-0.3, -0.25) is 0 Å². The minimum absolute atomic E-state index is 0.0255. The molecule has 4 nitrogen and oxygen atoms in total. The molecule has 0 aliphatic heterocycles. The summed E-state index contributed by atoms with van der Waals surface area (Å²) in [5.74, 6) is -1.94. The average molecular weight is 246 g/mol. The fourth-order valence-electron chi connectivity index (χ4n) is 1.70. The maximum Gasteiger partial charge on any atom is 0.336 e. The van der Waals surface area contributed by atoms with E-state index in [4.69, 9.17) is 16.6 Å². The van der Waals surface area contributed by atoms with Gasteiger partial charge in [-0.2, -0.15) is 0 Å². The number of nitrogens with two attached hydrogens (primary N) is 2. The summed E-state index contributed by atoms with van der Waals surface area (Å²) < 4.78 is 14.0. The Morgan fingerprint density at radius 3 is 2.22 bits per heavy atom. The SMILES string of the molecule is Nc1ccc(-c2c(C(=O)O)ccc(N)c2F)cc1. The van der Waals surface area contributed by atoms with Crippen molar-refractivity contribution in [3.05, 3.63) is 47.8 Å². The second kappa shape index (κ2) is 4.37. The monoisotopic (exact) mass is 246 g/mol. The highest BCUT2D eigenvalue weighted by atomic mass is 19.1. The van der Waals surface area contributed by atoms with Crippen molar-refractivity contribution in [2.24, 2.45) is 0 Å². The molecule has 0 unspecified atom stereocenters. The predicted octanol–water partition coefficient (Wildman–Crippen LogP) is 2.36. The first-order chi connectivity index (χ1) is 8.50. The molecule has 0 radical (unpaired) electrons. The number of carbonyl (C=O) groups is 1. The summed E-state index contributed by atoms with van der Waals surface area (Å²) in [6.07, 6.45) is 0. The molecule has 0 atom stereocenters. The number of carboxylic acids is 1. The minimum atomic E-state index is -1.21. The fraction of sp³-hybridized carbons (Fsp3) is 0. The van der Waals surface area contributed by atoms with Gasteiger partial charge in [0.15, 0.2) is 5.82 Å². The molecule has 0 saturated heterocycles. The molecular weight excluding hydrogens is 235 g/mol. The van der Waals surface area contributed by atoms with Gasteiger partial charge in [-0.25, -0.2) is 9.18 Å². The molecule has 0 saturated carbocycles. The van der Waals surface area contributed by atoms with Crippen LogP contribution in [0.1, 0.15) is 10.4 Å². The van der Waals surface area contributed by atoms with Crippen LogP contribution in [0.2, 0.25) is 0 Å². The summed E-state index contributed by atoms with van der Waals surface area (Å²) in [6, 6.07) is 8.78. The van der Waals surface area contributed by atoms with E-state index in [9.17, 15) is 9.18 Å². The van der Waals surface area contributed by atoms with E-state index >= 15 is 0 Å². The number of aromatic carboxylic acids is 1. The highest BCUT2D eigenvalue weighted by molar-refractivity contribution is 5.97. The number of halogens is 1. The first-order valence-corrected chi connectivity index (χ1v) is 5.18. The van der Waals surface area contributed by atoms with Crippen molar-refractivity contribution in [1.29, 1.82) is 0 Å². The van der Waals surface area contributed by atoms with Gasteiger partial charge in [-0.15, -0.1) is 0 Å². The van der Waals surface area contributed by atoms with Gasteiger partial charge < -0.3 is 16.6 Å². The fourth-order valence-corrected chi connectivity index (χ4v) is 1.70. The Hall–Kier alpha value is -2.56. The third-order valence-electron chi connectivity index (χ3n) is 2.60. The van der Waals surface area contributed by atoms with Crippen LogP contribution in [0.3, 0.4) is 0 Å². The van der Waals surface area contributed by atoms with Gasteiger partial charge in [0.05, 0.1) is 11.3 Å². The van der Waals surface area contributed by atoms with Crippen molar-refractivity contribution in [2.75, 3.05) is 11.5 Å². The zero-order valence-electron chi connectivity index (χ0n) is 9.35. The van der Waals surface area contributed by atoms with Crippen molar-refractivity contribution in [3.8, 4) is 11.1 Å². The van der Waals surface area contributed by atoms with Gasteiger partial charge in [0, 0.05) is 11.3 Å². The molecule has 0 aliphatic carbocycles. The molecule has 0 aliphatic rings. The number of hydrogen-bond acceptors (Lipinski definition) is 3. The molecule has 0 bridgehead atoms. The molecule has 2 aromatic rings. The van der Waals surface area contributed by atoms with Crippen LogP contribution in [0, 0.1) is 5.82 Å². The summed E-state index contributed by atoms with van der Waals surface area (Å²) in [5.41, 5.74) is 11.7. The van der Waals surface area contributed by atoms with Crippen LogP contribution in [-0.4, -0.2) is 11.1 Å². The van der Waals surface area contributed by atoms with Crippen LogP contribution in [0.15, 0.2) is 36.4 Å². The maximum atomic E-state index is 14.0. The number of rotatable bonds is 2. The predicted molar refractivity (Wildman–Crippen MR) is 67.6 cm³/mol. The van der Waals surface area contributed by atoms with E-state index in [2.05, 4.69) is 0 Å². The van der Waals surface area contributed by atoms with Crippen molar-refractivity contribution in [2.45, 2.75) is 0 Å². The molecule has 92 valence electrons. The second-order valence-electron chi connectivity index (χ2n) is 3.82. The van der Waals surface area contributed by atoms with Crippen LogP contribution in [-0.2, 0) is 0 Å². The lowest BCUT2D eigenvalue weighted by atomic mass is 9.98. The van der Waals surface area contributed by atoms with E-state index in [1.807, 2.05) is 0 Å². The van der Waals surface area contributed by atoms with Gasteiger partial charge in [-0.1, -0.05) is 12.1 Å². The molecule has 18 heavy (non-hydrogen) atoms. The van der Waals surface area contributed by atoms with Crippen molar-refractivity contribution in [3.63, 3.8) is 0 Å². The average Bonchev–Trinajstić information content (AvgIpc) is 2.33. The van der Waals surface area contributed by atoms with E-state index in [0.717, 1.165) is 0 Å². The molecule has 0 fully saturated rings. The zero-order valence-corrected chi connectivity index (χ0v) is 9.35. The third kappa shape index (κ3) is 1.98. The molecule has 0 aromatic heterocycles. The lowest BCUT2D eigenvalue weighted by Crippen LogP contribution is -2.04. The van der Waals surface area contributed by atoms with E-state index in [-0.39, 0.29) is 16.8 Å². The van der Waals surface area contributed by atoms with Crippen molar-refractivity contribution >= 4 is 17.3 Å². The Kier molecular flexibility index (Phi) is 2.89. The normalized spacial score (nSPS) is 10.3. The molecular formula is C13H11FN2O2. The summed E-state index contributed by atoms with van der Waals surface area (Å²) in [5, 5.41) is 9.06. The van der Waals surface area contributed by atoms with Gasteiger partial charge in [-0.05, 0) is 29.8 Å². The lowest BCUT2D eigenvalue weighted by molar-refractivity contribution is 0.0697. The van der Waals surface area contributed by atoms with Gasteiger partial charge in [0.25, 0.3) is 0 Å². The molecule has 0 spiro atoms. The van der Waals surface area contributed by atoms with E-state index in [1.165, 1.54) is 12.1 Å². The van der Waals surface area contributed by atoms with Crippen molar-refractivity contribution < 1.29 is 14.3 Å². The largest absolute Gasteiger partial charge is 0.478 e. The molecule has 2 rings (SSSR count). The molecule has 0 heterocycles. The zero-order chi connectivity index (χ0) is 13.3. The van der Waals surface area contributed by atoms with E-state index < -0.39 is 11.8 Å². The summed E-state index contributed by atoms with van der Waals surface area (Å²) >= 11 is 0. The summed E-state index contributed by atoms with van der Waals surface area (Å²) in [4.78, 5) is 11.1. The number of carboxylic acid groups (broad SMARTS) is 1. The number of anilines is 2. The smallest absolute Gasteiger partial charge is 0.336 e. The minimum Gasteiger partial charge on any atom is -0.478 e. The Balaban J connectivity index is 2.71. The van der Waals surface area contributed by atoms with E-state index in [1.54, 1.807) is 24.3 Å². The third-order valence-corrected chi connectivity index (χ3v) is 2.60. The number of hydrogen-bond donors (Lipinski definition) is 3. The summed E-state index contributed by atoms with van der Waals surface area (Å²) in [6.45, 7) is 0. The highest BCUT2D eigenvalue weighted by Crippen LogP contribution is 2.30. The van der Waals surface area contributed by atoms with E-state index in [0.29, 0.717) is 11.3 Å². The van der Waals surface area contributed by atoms with Crippen LogP contribution in [0.5, 0.6) is 0 Å². The molecule has 2 aromatic carbocycles. The standard InChI is InChI=1S/C13H11FN2O2/c14-12-10(16)6-5-9(13(17)18)11(12)7-1-3-8(15)4-2-7/h1-6H,15-16H2,(H,17,18). The van der Waals surface area contributed by atoms with Crippen LogP contribution in [0.4, 0.5) is 15.8 Å². The Morgan fingerprint density at radius 1 is 1.06 bits per heavy atom. The van der Waals surface area contributed by atoms with Gasteiger partial charge >= 0.3 is 5.97 Å². The topological polar surface area (TPSA) is 89.3 Å². The Bertz CT molecular complexity index is 609. The lowest BCUT2D eigenvalue weighted by Gasteiger charge is -2.10. The quantitative estimate of drug-likeness (QED) is 0.709. The first kappa shape index (κ1) is 11.9. The van der Waals surface area contributed by atoms with Crippen LogP contribution >= 0.6 is 0 Å². The molecule has 0 amide bonds. The second-order valence-corrected chi connectivity index (χ2v) is 3.82. The Labute approximate surface area is 103 Å². The van der Waals surface area contributed by atoms with Crippen LogP contribution < -0.4 is 11.5 Å². The Morgan fingerprint density at radius 2 is 1.67 bits per heavy atom. The number of benzene rings is 2. The molecule has 5 heteroatoms. The first-order valence-electron chi connectivity index (χ1n) is 5.18. The van der Waals surface area contributed by atoms with Gasteiger partial charge in [0.2, 0.25) is 0 Å².